The van der Waals surface area contributed by atoms with E-state index in [1.807, 2.05) is 18.2 Å². The van der Waals surface area contributed by atoms with Gasteiger partial charge in [0.25, 0.3) is 0 Å². The minimum atomic E-state index is -0.948. The number of carbonyl (C=O) groups excluding carboxylic acids is 2. The van der Waals surface area contributed by atoms with Gasteiger partial charge in [0.1, 0.15) is 11.2 Å². The Hall–Kier alpha value is -1.84. The Bertz CT molecular complexity index is 567. The minimum Gasteiger partial charge on any atom is -0.497 e. The Morgan fingerprint density at radius 3 is 2.74 bits per heavy atom. The Balaban J connectivity index is 2.22. The average Bonchev–Trinajstić information content (AvgIpc) is 2.65. The van der Waals surface area contributed by atoms with Crippen molar-refractivity contribution in [1.29, 1.82) is 0 Å². The van der Waals surface area contributed by atoms with Gasteiger partial charge in [-0.25, -0.2) is 0 Å². The summed E-state index contributed by atoms with van der Waals surface area (Å²) in [7, 11) is 3.34. The molecular formula is C15H17NO3. The largest absolute Gasteiger partial charge is 0.497 e. The molecule has 4 heteroatoms. The fourth-order valence-corrected chi connectivity index (χ4v) is 3.33. The summed E-state index contributed by atoms with van der Waals surface area (Å²) in [4.78, 5) is 26.7. The molecule has 1 unspecified atom stereocenters. The molecule has 3 rings (SSSR count). The van der Waals surface area contributed by atoms with Crippen molar-refractivity contribution >= 4 is 17.4 Å². The third-order valence-electron chi connectivity index (χ3n) is 4.38. The van der Waals surface area contributed by atoms with Crippen molar-refractivity contribution in [2.75, 3.05) is 19.1 Å². The van der Waals surface area contributed by atoms with Gasteiger partial charge in [0.2, 0.25) is 5.91 Å². The van der Waals surface area contributed by atoms with Crippen LogP contribution >= 0.6 is 0 Å². The lowest BCUT2D eigenvalue weighted by Crippen LogP contribution is -2.46. The zero-order valence-electron chi connectivity index (χ0n) is 11.2. The summed E-state index contributed by atoms with van der Waals surface area (Å²) in [5.41, 5.74) is 0.710. The van der Waals surface area contributed by atoms with Crippen LogP contribution in [0.25, 0.3) is 0 Å². The molecule has 0 aromatic heterocycles. The van der Waals surface area contributed by atoms with Crippen molar-refractivity contribution in [3.05, 3.63) is 23.8 Å². The maximum atomic E-state index is 12.6. The lowest BCUT2D eigenvalue weighted by molar-refractivity contribution is -0.135. The Labute approximate surface area is 112 Å². The first kappa shape index (κ1) is 12.2. The van der Waals surface area contributed by atoms with Crippen molar-refractivity contribution in [2.24, 2.45) is 0 Å². The second-order valence-electron chi connectivity index (χ2n) is 5.28. The highest BCUT2D eigenvalue weighted by Gasteiger charge is 2.55. The molecule has 0 N–H and O–H groups in total. The van der Waals surface area contributed by atoms with Gasteiger partial charge < -0.3 is 9.64 Å². The summed E-state index contributed by atoms with van der Waals surface area (Å²) in [6.45, 7) is 0. The third kappa shape index (κ3) is 1.46. The topological polar surface area (TPSA) is 46.6 Å². The molecule has 4 nitrogen and oxygen atoms in total. The standard InChI is InChI=1S/C15H17NO3/c1-16-12-7-6-10(19-2)9-11(12)15(14(16)18)8-4-3-5-13(15)17/h6-7,9H,3-5,8H2,1-2H3. The van der Waals surface area contributed by atoms with Crippen LogP contribution in [0.5, 0.6) is 5.75 Å². The zero-order chi connectivity index (χ0) is 13.6. The second kappa shape index (κ2) is 4.08. The van der Waals surface area contributed by atoms with Crippen LogP contribution in [0.2, 0.25) is 0 Å². The Morgan fingerprint density at radius 2 is 2.05 bits per heavy atom. The molecule has 0 bridgehead atoms. The van der Waals surface area contributed by atoms with Crippen molar-refractivity contribution in [1.82, 2.24) is 0 Å². The van der Waals surface area contributed by atoms with Crippen LogP contribution in [0, 0.1) is 0 Å². The third-order valence-corrected chi connectivity index (χ3v) is 4.38. The van der Waals surface area contributed by atoms with E-state index < -0.39 is 5.41 Å². The van der Waals surface area contributed by atoms with Crippen LogP contribution in [-0.4, -0.2) is 25.8 Å². The van der Waals surface area contributed by atoms with E-state index in [1.54, 1.807) is 19.1 Å². The number of benzene rings is 1. The number of carbonyl (C=O) groups is 2. The lowest BCUT2D eigenvalue weighted by Gasteiger charge is -2.30. The molecular weight excluding hydrogens is 242 g/mol. The van der Waals surface area contributed by atoms with Gasteiger partial charge >= 0.3 is 0 Å². The molecule has 1 aliphatic carbocycles. The number of likely N-dealkylation sites (N-methyl/N-ethyl adjacent to an activating group) is 1. The van der Waals surface area contributed by atoms with Crippen LogP contribution in [0.15, 0.2) is 18.2 Å². The monoisotopic (exact) mass is 259 g/mol. The van der Waals surface area contributed by atoms with Gasteiger partial charge in [-0.2, -0.15) is 0 Å². The molecule has 100 valence electrons. The number of anilines is 1. The quantitative estimate of drug-likeness (QED) is 0.725. The van der Waals surface area contributed by atoms with Crippen molar-refractivity contribution in [3.63, 3.8) is 0 Å². The summed E-state index contributed by atoms with van der Waals surface area (Å²) < 4.78 is 5.24. The van der Waals surface area contributed by atoms with E-state index in [-0.39, 0.29) is 11.7 Å². The molecule has 0 saturated heterocycles. The molecule has 1 atom stereocenters. The minimum absolute atomic E-state index is 0.0580. The number of Topliss-reactive ketones (excluding diaryl/α,β-unsaturated/α-hetero) is 1. The zero-order valence-corrected chi connectivity index (χ0v) is 11.2. The van der Waals surface area contributed by atoms with Crippen LogP contribution in [0.3, 0.4) is 0 Å². The van der Waals surface area contributed by atoms with Gasteiger partial charge in [0.05, 0.1) is 7.11 Å². The maximum Gasteiger partial charge on any atom is 0.245 e. The van der Waals surface area contributed by atoms with Gasteiger partial charge in [0.15, 0.2) is 5.78 Å². The molecule has 1 spiro atoms. The lowest BCUT2D eigenvalue weighted by atomic mass is 9.69. The number of ketones is 1. The van der Waals surface area contributed by atoms with Gasteiger partial charge in [-0.3, -0.25) is 9.59 Å². The number of nitrogens with zero attached hydrogens (tertiary/aromatic N) is 1. The summed E-state index contributed by atoms with van der Waals surface area (Å²) in [5, 5.41) is 0. The number of rotatable bonds is 1. The molecule has 0 radical (unpaired) electrons. The molecule has 1 aromatic rings. The van der Waals surface area contributed by atoms with Crippen molar-refractivity contribution in [2.45, 2.75) is 31.1 Å². The van der Waals surface area contributed by atoms with Crippen LogP contribution in [0.1, 0.15) is 31.2 Å². The number of methoxy groups -OCH3 is 1. The number of ether oxygens (including phenoxy) is 1. The number of hydrogen-bond donors (Lipinski definition) is 0. The molecule has 1 fully saturated rings. The average molecular weight is 259 g/mol. The molecule has 1 aromatic carbocycles. The van der Waals surface area contributed by atoms with Gasteiger partial charge in [-0.05, 0) is 31.0 Å². The summed E-state index contributed by atoms with van der Waals surface area (Å²) >= 11 is 0. The van der Waals surface area contributed by atoms with Gasteiger partial charge in [-0.15, -0.1) is 0 Å². The molecule has 1 heterocycles. The van der Waals surface area contributed by atoms with E-state index in [4.69, 9.17) is 4.74 Å². The SMILES string of the molecule is COc1ccc2c(c1)C1(CCCCC1=O)C(=O)N2C. The normalized spacial score (nSPS) is 25.9. The molecule has 19 heavy (non-hydrogen) atoms. The highest BCUT2D eigenvalue weighted by Crippen LogP contribution is 2.48. The first-order valence-electron chi connectivity index (χ1n) is 6.61. The van der Waals surface area contributed by atoms with E-state index >= 15 is 0 Å². The van der Waals surface area contributed by atoms with E-state index in [1.165, 1.54) is 0 Å². The van der Waals surface area contributed by atoms with Crippen LogP contribution in [-0.2, 0) is 15.0 Å². The van der Waals surface area contributed by atoms with E-state index in [0.717, 1.165) is 24.1 Å². The summed E-state index contributed by atoms with van der Waals surface area (Å²) in [6, 6.07) is 5.54. The van der Waals surface area contributed by atoms with Crippen molar-refractivity contribution < 1.29 is 14.3 Å². The van der Waals surface area contributed by atoms with Crippen LogP contribution in [0.4, 0.5) is 5.69 Å². The van der Waals surface area contributed by atoms with Gasteiger partial charge in [-0.1, -0.05) is 6.42 Å². The fourth-order valence-electron chi connectivity index (χ4n) is 3.33. The Morgan fingerprint density at radius 1 is 1.26 bits per heavy atom. The molecule has 2 aliphatic rings. The van der Waals surface area contributed by atoms with E-state index in [0.29, 0.717) is 18.6 Å². The predicted molar refractivity (Wildman–Crippen MR) is 71.6 cm³/mol. The molecule has 1 aliphatic heterocycles. The Kier molecular flexibility index (Phi) is 2.62. The second-order valence-corrected chi connectivity index (χ2v) is 5.28. The fraction of sp³-hybridized carbons (Fsp3) is 0.467. The summed E-state index contributed by atoms with van der Waals surface area (Å²) in [6.07, 6.45) is 2.92. The first-order valence-corrected chi connectivity index (χ1v) is 6.61. The van der Waals surface area contributed by atoms with E-state index in [9.17, 15) is 9.59 Å². The number of fused-ring (bicyclic) bond motifs is 2. The first-order chi connectivity index (χ1) is 9.11. The maximum absolute atomic E-state index is 12.6. The van der Waals surface area contributed by atoms with E-state index in [2.05, 4.69) is 0 Å². The predicted octanol–water partition coefficient (Wildman–Crippen LogP) is 2.05. The highest BCUT2D eigenvalue weighted by molar-refractivity contribution is 6.22. The van der Waals surface area contributed by atoms with Crippen molar-refractivity contribution in [3.8, 4) is 5.75 Å². The molecule has 1 amide bonds. The summed E-state index contributed by atoms with van der Waals surface area (Å²) in [5.74, 6) is 0.669. The number of hydrogen-bond acceptors (Lipinski definition) is 3. The molecule has 1 saturated carbocycles. The van der Waals surface area contributed by atoms with Crippen LogP contribution < -0.4 is 9.64 Å². The smallest absolute Gasteiger partial charge is 0.245 e. The highest BCUT2D eigenvalue weighted by atomic mass is 16.5. The van der Waals surface area contributed by atoms with Gasteiger partial charge in [0, 0.05) is 24.7 Å². The number of amides is 1.